The highest BCUT2D eigenvalue weighted by Crippen LogP contribution is 2.16. The Kier molecular flexibility index (Phi) is 6.13. The summed E-state index contributed by atoms with van der Waals surface area (Å²) in [6.45, 7) is 3.80. The van der Waals surface area contributed by atoms with Crippen molar-refractivity contribution in [2.45, 2.75) is 19.8 Å². The maximum atomic E-state index is 5.75. The van der Waals surface area contributed by atoms with Crippen molar-refractivity contribution < 1.29 is 4.74 Å². The Balaban J connectivity index is 1.66. The van der Waals surface area contributed by atoms with Gasteiger partial charge >= 0.3 is 0 Å². The molecule has 0 heterocycles. The average Bonchev–Trinajstić information content (AvgIpc) is 2.55. The fourth-order valence-electron chi connectivity index (χ4n) is 2.19. The first-order valence-corrected chi connectivity index (χ1v) is 7.92. The third-order valence-corrected chi connectivity index (χ3v) is 3.63. The van der Waals surface area contributed by atoms with Gasteiger partial charge in [-0.3, -0.25) is 0 Å². The minimum atomic E-state index is 0.730. The standard InChI is InChI=1S/C19H26N2O/c1-4-16-6-12-19(13-7-16)22-15-5-14-20-17-8-10-18(11-9-17)21(2)3/h6-13,20H,4-5,14-15H2,1-3H3. The van der Waals surface area contributed by atoms with E-state index >= 15 is 0 Å². The van der Waals surface area contributed by atoms with Gasteiger partial charge in [0.25, 0.3) is 0 Å². The summed E-state index contributed by atoms with van der Waals surface area (Å²) in [7, 11) is 4.10. The minimum absolute atomic E-state index is 0.730. The second-order valence-corrected chi connectivity index (χ2v) is 5.57. The fraction of sp³-hybridized carbons (Fsp3) is 0.368. The van der Waals surface area contributed by atoms with Crippen molar-refractivity contribution in [2.24, 2.45) is 0 Å². The molecule has 0 amide bonds. The molecular weight excluding hydrogens is 272 g/mol. The van der Waals surface area contributed by atoms with Crippen LogP contribution in [0.3, 0.4) is 0 Å². The highest BCUT2D eigenvalue weighted by Gasteiger charge is 1.97. The molecule has 22 heavy (non-hydrogen) atoms. The predicted octanol–water partition coefficient (Wildman–Crippen LogP) is 4.20. The molecule has 2 rings (SSSR count). The van der Waals surface area contributed by atoms with E-state index in [-0.39, 0.29) is 0 Å². The minimum Gasteiger partial charge on any atom is -0.494 e. The number of hydrogen-bond acceptors (Lipinski definition) is 3. The molecule has 118 valence electrons. The normalized spacial score (nSPS) is 10.3. The van der Waals surface area contributed by atoms with Crippen LogP contribution in [-0.2, 0) is 6.42 Å². The Bertz CT molecular complexity index is 547. The van der Waals surface area contributed by atoms with Crippen LogP contribution in [0.5, 0.6) is 5.75 Å². The van der Waals surface area contributed by atoms with Gasteiger partial charge in [-0.15, -0.1) is 0 Å². The first-order valence-electron chi connectivity index (χ1n) is 7.92. The van der Waals surface area contributed by atoms with E-state index in [9.17, 15) is 0 Å². The van der Waals surface area contributed by atoms with Gasteiger partial charge in [-0.2, -0.15) is 0 Å². The molecule has 2 aromatic carbocycles. The summed E-state index contributed by atoms with van der Waals surface area (Å²) >= 11 is 0. The van der Waals surface area contributed by atoms with Crippen molar-refractivity contribution in [1.82, 2.24) is 0 Å². The molecule has 1 N–H and O–H groups in total. The molecular formula is C19H26N2O. The molecule has 0 unspecified atom stereocenters. The van der Waals surface area contributed by atoms with E-state index in [1.165, 1.54) is 11.3 Å². The van der Waals surface area contributed by atoms with Crippen LogP contribution in [0.25, 0.3) is 0 Å². The van der Waals surface area contributed by atoms with Gasteiger partial charge in [0.15, 0.2) is 0 Å². The lowest BCUT2D eigenvalue weighted by Crippen LogP contribution is -2.09. The number of ether oxygens (including phenoxy) is 1. The van der Waals surface area contributed by atoms with Gasteiger partial charge in [0.05, 0.1) is 6.61 Å². The van der Waals surface area contributed by atoms with Crippen molar-refractivity contribution in [2.75, 3.05) is 37.5 Å². The number of aryl methyl sites for hydroxylation is 1. The molecule has 0 fully saturated rings. The first kappa shape index (κ1) is 16.2. The number of nitrogens with one attached hydrogen (secondary N) is 1. The van der Waals surface area contributed by atoms with Crippen molar-refractivity contribution in [3.05, 3.63) is 54.1 Å². The van der Waals surface area contributed by atoms with E-state index in [1.54, 1.807) is 0 Å². The topological polar surface area (TPSA) is 24.5 Å². The van der Waals surface area contributed by atoms with E-state index in [4.69, 9.17) is 4.74 Å². The summed E-state index contributed by atoms with van der Waals surface area (Å²) in [4.78, 5) is 2.10. The van der Waals surface area contributed by atoms with Gasteiger partial charge in [0, 0.05) is 32.0 Å². The zero-order chi connectivity index (χ0) is 15.8. The zero-order valence-electron chi connectivity index (χ0n) is 13.8. The van der Waals surface area contributed by atoms with Crippen molar-refractivity contribution >= 4 is 11.4 Å². The third kappa shape index (κ3) is 4.99. The van der Waals surface area contributed by atoms with Gasteiger partial charge in [-0.05, 0) is 54.8 Å². The molecule has 0 bridgehead atoms. The molecule has 2 aromatic rings. The number of benzene rings is 2. The van der Waals surface area contributed by atoms with Crippen LogP contribution in [0.15, 0.2) is 48.5 Å². The van der Waals surface area contributed by atoms with Crippen molar-refractivity contribution in [3.63, 3.8) is 0 Å². The molecule has 0 atom stereocenters. The fourth-order valence-corrected chi connectivity index (χ4v) is 2.19. The Morgan fingerprint density at radius 1 is 0.955 bits per heavy atom. The van der Waals surface area contributed by atoms with Crippen molar-refractivity contribution in [3.8, 4) is 5.75 Å². The zero-order valence-corrected chi connectivity index (χ0v) is 13.8. The average molecular weight is 298 g/mol. The molecule has 3 nitrogen and oxygen atoms in total. The van der Waals surface area contributed by atoms with E-state index < -0.39 is 0 Å². The summed E-state index contributed by atoms with van der Waals surface area (Å²) in [6.07, 6.45) is 2.04. The van der Waals surface area contributed by atoms with E-state index in [0.717, 1.165) is 37.4 Å². The predicted molar refractivity (Wildman–Crippen MR) is 95.2 cm³/mol. The SMILES string of the molecule is CCc1ccc(OCCCNc2ccc(N(C)C)cc2)cc1. The largest absolute Gasteiger partial charge is 0.494 e. The quantitative estimate of drug-likeness (QED) is 0.739. The highest BCUT2D eigenvalue weighted by atomic mass is 16.5. The smallest absolute Gasteiger partial charge is 0.119 e. The first-order chi connectivity index (χ1) is 10.7. The van der Waals surface area contributed by atoms with E-state index in [2.05, 4.69) is 53.5 Å². The molecule has 0 saturated heterocycles. The van der Waals surface area contributed by atoms with E-state index in [0.29, 0.717) is 0 Å². The molecule has 0 saturated carbocycles. The lowest BCUT2D eigenvalue weighted by Gasteiger charge is -2.13. The Hall–Kier alpha value is -2.16. The second kappa shape index (κ2) is 8.32. The summed E-state index contributed by atoms with van der Waals surface area (Å²) in [5, 5.41) is 3.42. The molecule has 0 aliphatic rings. The Labute approximate surface area is 133 Å². The number of hydrogen-bond donors (Lipinski definition) is 1. The van der Waals surface area contributed by atoms with Crippen molar-refractivity contribution in [1.29, 1.82) is 0 Å². The third-order valence-electron chi connectivity index (χ3n) is 3.63. The number of anilines is 2. The highest BCUT2D eigenvalue weighted by molar-refractivity contribution is 5.54. The summed E-state index contributed by atoms with van der Waals surface area (Å²) in [6, 6.07) is 16.8. The molecule has 3 heteroatoms. The van der Waals surface area contributed by atoms with Crippen LogP contribution in [0.4, 0.5) is 11.4 Å². The summed E-state index contributed by atoms with van der Waals surface area (Å²) in [5.74, 6) is 0.951. The van der Waals surface area contributed by atoms with Crippen LogP contribution in [0.1, 0.15) is 18.9 Å². The maximum Gasteiger partial charge on any atom is 0.119 e. The van der Waals surface area contributed by atoms with Gasteiger partial charge in [-0.1, -0.05) is 19.1 Å². The van der Waals surface area contributed by atoms with Crippen LogP contribution < -0.4 is 15.0 Å². The molecule has 0 aromatic heterocycles. The van der Waals surface area contributed by atoms with Gasteiger partial charge in [-0.25, -0.2) is 0 Å². The summed E-state index contributed by atoms with van der Waals surface area (Å²) < 4.78 is 5.75. The number of rotatable bonds is 8. The van der Waals surface area contributed by atoms with E-state index in [1.807, 2.05) is 26.2 Å². The van der Waals surface area contributed by atoms with Gasteiger partial charge < -0.3 is 15.0 Å². The van der Waals surface area contributed by atoms with Crippen LogP contribution in [0.2, 0.25) is 0 Å². The lowest BCUT2D eigenvalue weighted by molar-refractivity contribution is 0.315. The second-order valence-electron chi connectivity index (χ2n) is 5.57. The Morgan fingerprint density at radius 2 is 1.64 bits per heavy atom. The molecule has 0 aliphatic carbocycles. The Morgan fingerprint density at radius 3 is 2.23 bits per heavy atom. The molecule has 0 aliphatic heterocycles. The van der Waals surface area contributed by atoms with Gasteiger partial charge in [0.1, 0.15) is 5.75 Å². The number of nitrogens with zero attached hydrogens (tertiary/aromatic N) is 1. The lowest BCUT2D eigenvalue weighted by atomic mass is 10.2. The van der Waals surface area contributed by atoms with Crippen LogP contribution in [0, 0.1) is 0 Å². The maximum absolute atomic E-state index is 5.75. The molecule has 0 radical (unpaired) electrons. The van der Waals surface area contributed by atoms with Crippen LogP contribution >= 0.6 is 0 Å². The summed E-state index contributed by atoms with van der Waals surface area (Å²) in [5.41, 5.74) is 3.71. The monoisotopic (exact) mass is 298 g/mol. The van der Waals surface area contributed by atoms with Gasteiger partial charge in [0.2, 0.25) is 0 Å². The van der Waals surface area contributed by atoms with Crippen LogP contribution in [-0.4, -0.2) is 27.2 Å². The molecule has 0 spiro atoms.